The quantitative estimate of drug-likeness (QED) is 0.701. The molecule has 0 aliphatic rings. The number of aryl methyl sites for hydroxylation is 2. The smallest absolute Gasteiger partial charge is 0.129 e. The standard InChI is InChI=1S/C12H23N3O.C2H6/c1-11-10-13-15(12(11)14(2)3)8-6-5-7-9-16-4;1-2/h10H,5-9H2,1-4H3;1-2H3. The molecule has 4 heteroatoms. The topological polar surface area (TPSA) is 30.3 Å². The van der Waals surface area contributed by atoms with Gasteiger partial charge < -0.3 is 9.64 Å². The lowest BCUT2D eigenvalue weighted by molar-refractivity contribution is 0.191. The molecule has 0 unspecified atom stereocenters. The summed E-state index contributed by atoms with van der Waals surface area (Å²) >= 11 is 0. The molecule has 0 saturated heterocycles. The third-order valence-corrected chi connectivity index (χ3v) is 2.63. The van der Waals surface area contributed by atoms with Crippen LogP contribution in [0.4, 0.5) is 5.82 Å². The molecule has 0 aliphatic heterocycles. The van der Waals surface area contributed by atoms with E-state index in [4.69, 9.17) is 4.74 Å². The summed E-state index contributed by atoms with van der Waals surface area (Å²) in [5, 5.41) is 4.40. The molecule has 0 radical (unpaired) electrons. The molecule has 1 heterocycles. The average molecular weight is 255 g/mol. The number of hydrogen-bond donors (Lipinski definition) is 0. The first-order valence-corrected chi connectivity index (χ1v) is 6.85. The predicted octanol–water partition coefficient (Wildman–Crippen LogP) is 3.10. The summed E-state index contributed by atoms with van der Waals surface area (Å²) in [7, 11) is 5.87. The van der Waals surface area contributed by atoms with Gasteiger partial charge in [0.25, 0.3) is 0 Å². The van der Waals surface area contributed by atoms with Gasteiger partial charge in [-0.05, 0) is 26.2 Å². The molecular formula is C14H29N3O. The molecule has 0 saturated carbocycles. The van der Waals surface area contributed by atoms with E-state index in [1.54, 1.807) is 7.11 Å². The van der Waals surface area contributed by atoms with Gasteiger partial charge in [0, 0.05) is 39.9 Å². The Labute approximate surface area is 112 Å². The highest BCUT2D eigenvalue weighted by atomic mass is 16.5. The molecule has 1 rings (SSSR count). The van der Waals surface area contributed by atoms with E-state index in [9.17, 15) is 0 Å². The average Bonchev–Trinajstić information content (AvgIpc) is 2.73. The Bertz CT molecular complexity index is 308. The van der Waals surface area contributed by atoms with E-state index in [0.717, 1.165) is 26.0 Å². The molecule has 1 aromatic rings. The maximum Gasteiger partial charge on any atom is 0.129 e. The Morgan fingerprint density at radius 1 is 1.22 bits per heavy atom. The number of methoxy groups -OCH3 is 1. The van der Waals surface area contributed by atoms with Crippen molar-refractivity contribution in [3.8, 4) is 0 Å². The lowest BCUT2D eigenvalue weighted by atomic mass is 10.2. The summed E-state index contributed by atoms with van der Waals surface area (Å²) in [5.74, 6) is 1.21. The van der Waals surface area contributed by atoms with E-state index in [2.05, 4.69) is 35.7 Å². The number of rotatable bonds is 7. The fourth-order valence-electron chi connectivity index (χ4n) is 1.90. The van der Waals surface area contributed by atoms with Gasteiger partial charge in [0.05, 0.1) is 6.20 Å². The highest BCUT2D eigenvalue weighted by Gasteiger charge is 2.08. The molecule has 18 heavy (non-hydrogen) atoms. The molecule has 1 aromatic heterocycles. The Morgan fingerprint density at radius 3 is 2.44 bits per heavy atom. The van der Waals surface area contributed by atoms with Gasteiger partial charge in [-0.15, -0.1) is 0 Å². The Balaban J connectivity index is 0.00000137. The first kappa shape index (κ1) is 17.0. The van der Waals surface area contributed by atoms with Crippen molar-refractivity contribution in [2.45, 2.75) is 46.6 Å². The minimum absolute atomic E-state index is 0.860. The van der Waals surface area contributed by atoms with E-state index in [-0.39, 0.29) is 0 Å². The van der Waals surface area contributed by atoms with E-state index in [0.29, 0.717) is 0 Å². The van der Waals surface area contributed by atoms with Gasteiger partial charge in [0.15, 0.2) is 0 Å². The van der Waals surface area contributed by atoms with Crippen LogP contribution in [0, 0.1) is 6.92 Å². The van der Waals surface area contributed by atoms with Gasteiger partial charge >= 0.3 is 0 Å². The second-order valence-electron chi connectivity index (χ2n) is 4.32. The van der Waals surface area contributed by atoms with Gasteiger partial charge in [-0.3, -0.25) is 0 Å². The number of ether oxygens (including phenoxy) is 1. The Hall–Kier alpha value is -1.03. The lowest BCUT2D eigenvalue weighted by Gasteiger charge is -2.16. The summed E-state index contributed by atoms with van der Waals surface area (Å²) in [5.41, 5.74) is 1.24. The highest BCUT2D eigenvalue weighted by molar-refractivity contribution is 5.44. The fraction of sp³-hybridized carbons (Fsp3) is 0.786. The van der Waals surface area contributed by atoms with Crippen molar-refractivity contribution in [1.82, 2.24) is 9.78 Å². The third kappa shape index (κ3) is 5.54. The molecule has 0 fully saturated rings. The second kappa shape index (κ2) is 9.95. The summed E-state index contributed by atoms with van der Waals surface area (Å²) in [6.45, 7) is 7.95. The summed E-state index contributed by atoms with van der Waals surface area (Å²) in [6.07, 6.45) is 5.42. The highest BCUT2D eigenvalue weighted by Crippen LogP contribution is 2.17. The molecule has 4 nitrogen and oxygen atoms in total. The number of hydrogen-bond acceptors (Lipinski definition) is 3. The fourth-order valence-corrected chi connectivity index (χ4v) is 1.90. The monoisotopic (exact) mass is 255 g/mol. The zero-order valence-electron chi connectivity index (χ0n) is 12.9. The van der Waals surface area contributed by atoms with E-state index in [1.165, 1.54) is 17.8 Å². The van der Waals surface area contributed by atoms with Crippen molar-refractivity contribution in [3.05, 3.63) is 11.8 Å². The van der Waals surface area contributed by atoms with Crippen LogP contribution in [0.15, 0.2) is 6.20 Å². The van der Waals surface area contributed by atoms with Crippen molar-refractivity contribution < 1.29 is 4.74 Å². The summed E-state index contributed by atoms with van der Waals surface area (Å²) in [4.78, 5) is 2.12. The van der Waals surface area contributed by atoms with Crippen LogP contribution in [0.3, 0.4) is 0 Å². The zero-order valence-corrected chi connectivity index (χ0v) is 12.9. The van der Waals surface area contributed by atoms with Crippen LogP contribution in [0.25, 0.3) is 0 Å². The SMILES string of the molecule is CC.COCCCCCn1ncc(C)c1N(C)C. The van der Waals surface area contributed by atoms with Gasteiger partial charge in [0.2, 0.25) is 0 Å². The molecule has 106 valence electrons. The lowest BCUT2D eigenvalue weighted by Crippen LogP contribution is -2.16. The van der Waals surface area contributed by atoms with Crippen molar-refractivity contribution >= 4 is 5.82 Å². The van der Waals surface area contributed by atoms with Crippen LogP contribution in [-0.2, 0) is 11.3 Å². The van der Waals surface area contributed by atoms with E-state index < -0.39 is 0 Å². The first-order valence-electron chi connectivity index (χ1n) is 6.85. The van der Waals surface area contributed by atoms with E-state index in [1.807, 2.05) is 20.0 Å². The summed E-state index contributed by atoms with van der Waals surface area (Å²) in [6, 6.07) is 0. The molecule has 0 aromatic carbocycles. The largest absolute Gasteiger partial charge is 0.385 e. The third-order valence-electron chi connectivity index (χ3n) is 2.63. The molecular weight excluding hydrogens is 226 g/mol. The molecule has 0 amide bonds. The second-order valence-corrected chi connectivity index (χ2v) is 4.32. The first-order chi connectivity index (χ1) is 8.66. The van der Waals surface area contributed by atoms with Crippen molar-refractivity contribution in [2.75, 3.05) is 32.7 Å². The van der Waals surface area contributed by atoms with Crippen molar-refractivity contribution in [3.63, 3.8) is 0 Å². The molecule has 0 N–H and O–H groups in total. The maximum absolute atomic E-state index is 5.03. The van der Waals surface area contributed by atoms with E-state index >= 15 is 0 Å². The number of anilines is 1. The van der Waals surface area contributed by atoms with Crippen LogP contribution in [-0.4, -0.2) is 37.6 Å². The minimum Gasteiger partial charge on any atom is -0.385 e. The Kier molecular flexibility index (Phi) is 9.38. The summed E-state index contributed by atoms with van der Waals surface area (Å²) < 4.78 is 7.11. The van der Waals surface area contributed by atoms with Crippen LogP contribution in [0.5, 0.6) is 0 Å². The number of nitrogens with zero attached hydrogens (tertiary/aromatic N) is 3. The number of aromatic nitrogens is 2. The predicted molar refractivity (Wildman–Crippen MR) is 78.4 cm³/mol. The number of unbranched alkanes of at least 4 members (excludes halogenated alkanes) is 2. The van der Waals surface area contributed by atoms with Crippen LogP contribution in [0.1, 0.15) is 38.7 Å². The van der Waals surface area contributed by atoms with Crippen molar-refractivity contribution in [2.24, 2.45) is 0 Å². The van der Waals surface area contributed by atoms with Crippen LogP contribution >= 0.6 is 0 Å². The zero-order chi connectivity index (χ0) is 14.0. The van der Waals surface area contributed by atoms with Crippen LogP contribution in [0.2, 0.25) is 0 Å². The molecule has 0 aliphatic carbocycles. The molecule has 0 spiro atoms. The molecule has 0 bridgehead atoms. The van der Waals surface area contributed by atoms with Gasteiger partial charge in [-0.1, -0.05) is 13.8 Å². The van der Waals surface area contributed by atoms with Crippen molar-refractivity contribution in [1.29, 1.82) is 0 Å². The minimum atomic E-state index is 0.860. The Morgan fingerprint density at radius 2 is 1.89 bits per heavy atom. The van der Waals surface area contributed by atoms with Gasteiger partial charge in [-0.25, -0.2) is 4.68 Å². The van der Waals surface area contributed by atoms with Gasteiger partial charge in [0.1, 0.15) is 5.82 Å². The van der Waals surface area contributed by atoms with Gasteiger partial charge in [-0.2, -0.15) is 5.10 Å². The molecule has 0 atom stereocenters. The van der Waals surface area contributed by atoms with Crippen LogP contribution < -0.4 is 4.90 Å². The maximum atomic E-state index is 5.03. The normalized spacial score (nSPS) is 9.89.